The van der Waals surface area contributed by atoms with E-state index in [4.69, 9.17) is 14.5 Å². The third-order valence-electron chi connectivity index (χ3n) is 6.37. The van der Waals surface area contributed by atoms with Gasteiger partial charge in [-0.2, -0.15) is 5.10 Å². The molecule has 2 aromatic heterocycles. The number of ether oxygens (including phenoxy) is 2. The molecule has 35 heavy (non-hydrogen) atoms. The van der Waals surface area contributed by atoms with Crippen molar-refractivity contribution in [3.63, 3.8) is 0 Å². The van der Waals surface area contributed by atoms with E-state index in [1.54, 1.807) is 0 Å². The molecule has 0 unspecified atom stereocenters. The summed E-state index contributed by atoms with van der Waals surface area (Å²) in [6.45, 7) is 17.3. The average Bonchev–Trinajstić information content (AvgIpc) is 3.23. The third-order valence-corrected chi connectivity index (χ3v) is 6.37. The lowest BCUT2D eigenvalue weighted by Gasteiger charge is -2.19. The van der Waals surface area contributed by atoms with Crippen LogP contribution in [0, 0.1) is 13.8 Å². The molecule has 0 bridgehead atoms. The minimum atomic E-state index is 0.0327. The Bertz CT molecular complexity index is 1340. The fourth-order valence-corrected chi connectivity index (χ4v) is 4.35. The van der Waals surface area contributed by atoms with Gasteiger partial charge in [-0.15, -0.1) is 0 Å². The number of H-pyrrole nitrogens is 1. The normalized spacial score (nSPS) is 11.7. The van der Waals surface area contributed by atoms with Crippen LogP contribution in [0.4, 0.5) is 0 Å². The summed E-state index contributed by atoms with van der Waals surface area (Å²) in [6, 6.07) is 14.7. The maximum absolute atomic E-state index is 6.34. The number of aromatic nitrogens is 3. The van der Waals surface area contributed by atoms with Crippen LogP contribution >= 0.6 is 0 Å². The minimum absolute atomic E-state index is 0.0327. The van der Waals surface area contributed by atoms with Crippen LogP contribution in [-0.2, 0) is 6.61 Å². The summed E-state index contributed by atoms with van der Waals surface area (Å²) in [4.78, 5) is 5.02. The van der Waals surface area contributed by atoms with Gasteiger partial charge < -0.3 is 9.47 Å². The second-order valence-corrected chi connectivity index (χ2v) is 10.2. The summed E-state index contributed by atoms with van der Waals surface area (Å²) < 4.78 is 12.6. The van der Waals surface area contributed by atoms with Crippen LogP contribution in [0.3, 0.4) is 0 Å². The van der Waals surface area contributed by atoms with Gasteiger partial charge in [-0.25, -0.2) is 0 Å². The Kier molecular flexibility index (Phi) is 7.15. The standard InChI is InChI=1S/C30H37N3O2/c1-17(2)22-13-12-20(7)27(14-22)34-16-24-21(8)31-26(15-28(24)35-19(5)6)23-10-9-11-25-29(23)30(18(3)4)33-32-25/h9-15,17-19H,16H2,1-8H3,(H,32,33). The molecule has 4 rings (SSSR count). The zero-order chi connectivity index (χ0) is 25.3. The number of aromatic amines is 1. The van der Waals surface area contributed by atoms with E-state index in [2.05, 4.69) is 75.1 Å². The molecule has 2 heterocycles. The molecule has 5 heteroatoms. The number of pyridine rings is 1. The molecule has 0 aliphatic carbocycles. The summed E-state index contributed by atoms with van der Waals surface area (Å²) >= 11 is 0. The highest BCUT2D eigenvalue weighted by atomic mass is 16.5. The quantitative estimate of drug-likeness (QED) is 0.284. The van der Waals surface area contributed by atoms with E-state index >= 15 is 0 Å². The Balaban J connectivity index is 1.76. The van der Waals surface area contributed by atoms with Gasteiger partial charge in [0.05, 0.1) is 22.9 Å². The third kappa shape index (κ3) is 5.19. The average molecular weight is 472 g/mol. The van der Waals surface area contributed by atoms with Gasteiger partial charge in [0.1, 0.15) is 18.1 Å². The van der Waals surface area contributed by atoms with Gasteiger partial charge in [0.25, 0.3) is 0 Å². The zero-order valence-corrected chi connectivity index (χ0v) is 22.2. The van der Waals surface area contributed by atoms with E-state index in [-0.39, 0.29) is 6.10 Å². The Morgan fingerprint density at radius 1 is 0.886 bits per heavy atom. The first-order valence-corrected chi connectivity index (χ1v) is 12.5. The molecule has 5 nitrogen and oxygen atoms in total. The lowest BCUT2D eigenvalue weighted by molar-refractivity contribution is 0.229. The Morgan fingerprint density at radius 2 is 1.66 bits per heavy atom. The molecule has 0 saturated heterocycles. The van der Waals surface area contributed by atoms with Crippen molar-refractivity contribution in [1.29, 1.82) is 0 Å². The summed E-state index contributed by atoms with van der Waals surface area (Å²) in [5.41, 5.74) is 8.28. The first-order chi connectivity index (χ1) is 16.7. The molecule has 1 N–H and O–H groups in total. The summed E-state index contributed by atoms with van der Waals surface area (Å²) in [5.74, 6) is 2.49. The van der Waals surface area contributed by atoms with Crippen molar-refractivity contribution >= 4 is 10.9 Å². The van der Waals surface area contributed by atoms with Crippen LogP contribution < -0.4 is 9.47 Å². The van der Waals surface area contributed by atoms with Crippen LogP contribution in [-0.4, -0.2) is 21.3 Å². The second kappa shape index (κ2) is 10.1. The Labute approximate surface area is 208 Å². The van der Waals surface area contributed by atoms with E-state index in [1.807, 2.05) is 32.9 Å². The maximum atomic E-state index is 6.34. The number of benzene rings is 2. The molecule has 0 aliphatic rings. The topological polar surface area (TPSA) is 60.0 Å². The molecular weight excluding hydrogens is 434 g/mol. The van der Waals surface area contributed by atoms with Crippen molar-refractivity contribution in [2.75, 3.05) is 0 Å². The van der Waals surface area contributed by atoms with E-state index in [0.717, 1.165) is 56.2 Å². The predicted molar refractivity (Wildman–Crippen MR) is 144 cm³/mol. The van der Waals surface area contributed by atoms with Gasteiger partial charge in [-0.3, -0.25) is 10.1 Å². The summed E-state index contributed by atoms with van der Waals surface area (Å²) in [5, 5.41) is 8.87. The van der Waals surface area contributed by atoms with Gasteiger partial charge >= 0.3 is 0 Å². The maximum Gasteiger partial charge on any atom is 0.130 e. The van der Waals surface area contributed by atoms with Crippen molar-refractivity contribution in [2.45, 2.75) is 79.9 Å². The highest BCUT2D eigenvalue weighted by Crippen LogP contribution is 2.36. The van der Waals surface area contributed by atoms with Gasteiger partial charge in [0.2, 0.25) is 0 Å². The van der Waals surface area contributed by atoms with Crippen LogP contribution in [0.5, 0.6) is 11.5 Å². The number of nitrogens with zero attached hydrogens (tertiary/aromatic N) is 2. The Hall–Kier alpha value is -3.34. The molecule has 0 amide bonds. The van der Waals surface area contributed by atoms with Crippen LogP contribution in [0.2, 0.25) is 0 Å². The first kappa shape index (κ1) is 24.8. The monoisotopic (exact) mass is 471 g/mol. The molecule has 0 saturated carbocycles. The number of hydrogen-bond acceptors (Lipinski definition) is 4. The minimum Gasteiger partial charge on any atom is -0.490 e. The molecule has 0 spiro atoms. The van der Waals surface area contributed by atoms with E-state index < -0.39 is 0 Å². The van der Waals surface area contributed by atoms with Crippen LogP contribution in [0.15, 0.2) is 42.5 Å². The Morgan fingerprint density at radius 3 is 2.34 bits per heavy atom. The molecule has 2 aromatic carbocycles. The predicted octanol–water partition coefficient (Wildman–Crippen LogP) is 7.85. The lowest BCUT2D eigenvalue weighted by Crippen LogP contribution is -2.11. The lowest BCUT2D eigenvalue weighted by atomic mass is 9.98. The zero-order valence-electron chi connectivity index (χ0n) is 22.2. The van der Waals surface area contributed by atoms with E-state index in [0.29, 0.717) is 18.4 Å². The fraction of sp³-hybridized carbons (Fsp3) is 0.400. The number of aryl methyl sites for hydroxylation is 2. The molecule has 0 radical (unpaired) electrons. The van der Waals surface area contributed by atoms with Crippen LogP contribution in [0.1, 0.15) is 81.5 Å². The summed E-state index contributed by atoms with van der Waals surface area (Å²) in [6.07, 6.45) is 0.0327. The number of hydrogen-bond donors (Lipinski definition) is 1. The SMILES string of the molecule is Cc1ccc(C(C)C)cc1OCc1c(OC(C)C)cc(-c2cccc3n[nH]c(C(C)C)c23)nc1C. The van der Waals surface area contributed by atoms with Crippen molar-refractivity contribution in [2.24, 2.45) is 0 Å². The highest BCUT2D eigenvalue weighted by molar-refractivity contribution is 5.96. The molecule has 0 aliphatic heterocycles. The van der Waals surface area contributed by atoms with Crippen LogP contribution in [0.25, 0.3) is 22.2 Å². The van der Waals surface area contributed by atoms with Gasteiger partial charge in [-0.05, 0) is 62.8 Å². The van der Waals surface area contributed by atoms with Crippen molar-refractivity contribution in [1.82, 2.24) is 15.2 Å². The first-order valence-electron chi connectivity index (χ1n) is 12.5. The number of fused-ring (bicyclic) bond motifs is 1. The molecule has 184 valence electrons. The second-order valence-electron chi connectivity index (χ2n) is 10.2. The number of rotatable bonds is 8. The molecule has 0 atom stereocenters. The van der Waals surface area contributed by atoms with Gasteiger partial charge in [0.15, 0.2) is 0 Å². The molecular formula is C30H37N3O2. The molecule has 0 fully saturated rings. The van der Waals surface area contributed by atoms with E-state index in [1.165, 1.54) is 5.56 Å². The fourth-order valence-electron chi connectivity index (χ4n) is 4.35. The van der Waals surface area contributed by atoms with Gasteiger partial charge in [0, 0.05) is 28.4 Å². The summed E-state index contributed by atoms with van der Waals surface area (Å²) in [7, 11) is 0. The molecule has 4 aromatic rings. The highest BCUT2D eigenvalue weighted by Gasteiger charge is 2.19. The van der Waals surface area contributed by atoms with Crippen molar-refractivity contribution in [3.05, 3.63) is 70.5 Å². The van der Waals surface area contributed by atoms with Crippen molar-refractivity contribution < 1.29 is 9.47 Å². The smallest absolute Gasteiger partial charge is 0.130 e. The number of nitrogens with one attached hydrogen (secondary N) is 1. The van der Waals surface area contributed by atoms with Crippen molar-refractivity contribution in [3.8, 4) is 22.8 Å². The van der Waals surface area contributed by atoms with E-state index in [9.17, 15) is 0 Å². The largest absolute Gasteiger partial charge is 0.490 e. The van der Waals surface area contributed by atoms with Gasteiger partial charge in [-0.1, -0.05) is 52.0 Å².